The van der Waals surface area contributed by atoms with Gasteiger partial charge in [0.25, 0.3) is 5.91 Å². The van der Waals surface area contributed by atoms with Crippen LogP contribution in [0.15, 0.2) is 79.3 Å². The quantitative estimate of drug-likeness (QED) is 0.504. The highest BCUT2D eigenvalue weighted by Crippen LogP contribution is 2.33. The first-order valence-corrected chi connectivity index (χ1v) is 11.1. The van der Waals surface area contributed by atoms with Crippen LogP contribution in [0, 0.1) is 0 Å². The van der Waals surface area contributed by atoms with E-state index in [9.17, 15) is 4.79 Å². The second-order valence-corrected chi connectivity index (χ2v) is 8.17. The molecule has 33 heavy (non-hydrogen) atoms. The van der Waals surface area contributed by atoms with Gasteiger partial charge >= 0.3 is 0 Å². The van der Waals surface area contributed by atoms with Crippen LogP contribution in [0.5, 0.6) is 0 Å². The molecule has 1 N–H and O–H groups in total. The van der Waals surface area contributed by atoms with Gasteiger partial charge in [0.2, 0.25) is 0 Å². The minimum Gasteiger partial charge on any atom is -0.372 e. The van der Waals surface area contributed by atoms with E-state index in [0.717, 1.165) is 34.6 Å². The van der Waals surface area contributed by atoms with Gasteiger partial charge in [-0.25, -0.2) is 0 Å². The average molecular weight is 440 g/mol. The maximum Gasteiger partial charge on any atom is 0.251 e. The zero-order chi connectivity index (χ0) is 22.6. The molecule has 1 amide bonds. The van der Waals surface area contributed by atoms with Gasteiger partial charge in [-0.1, -0.05) is 24.3 Å². The van der Waals surface area contributed by atoms with E-state index in [1.807, 2.05) is 67.8 Å². The normalized spacial score (nSPS) is 18.1. The molecular weight excluding hydrogens is 414 g/mol. The summed E-state index contributed by atoms with van der Waals surface area (Å²) in [6.07, 6.45) is 6.83. The number of benzene rings is 1. The predicted octanol–water partition coefficient (Wildman–Crippen LogP) is 4.19. The Morgan fingerprint density at radius 3 is 2.73 bits per heavy atom. The van der Waals surface area contributed by atoms with Gasteiger partial charge < -0.3 is 10.1 Å². The molecule has 7 nitrogen and oxygen atoms in total. The smallest absolute Gasteiger partial charge is 0.251 e. The molecule has 4 aromatic rings. The van der Waals surface area contributed by atoms with Crippen LogP contribution in [0.4, 0.5) is 0 Å². The Balaban J connectivity index is 1.36. The highest BCUT2D eigenvalue weighted by Gasteiger charge is 2.27. The summed E-state index contributed by atoms with van der Waals surface area (Å²) in [6.45, 7) is 0.572. The molecule has 4 heterocycles. The molecule has 3 aromatic heterocycles. The highest BCUT2D eigenvalue weighted by molar-refractivity contribution is 5.94. The number of nitrogens with one attached hydrogen (secondary N) is 1. The first-order valence-electron chi connectivity index (χ1n) is 11.1. The number of pyridine rings is 2. The zero-order valence-corrected chi connectivity index (χ0v) is 18.4. The van der Waals surface area contributed by atoms with E-state index in [4.69, 9.17) is 4.74 Å². The lowest BCUT2D eigenvalue weighted by molar-refractivity contribution is -0.00149. The Kier molecular flexibility index (Phi) is 5.95. The van der Waals surface area contributed by atoms with Crippen LogP contribution in [-0.4, -0.2) is 38.3 Å². The van der Waals surface area contributed by atoms with Crippen molar-refractivity contribution in [2.75, 3.05) is 6.61 Å². The highest BCUT2D eigenvalue weighted by atomic mass is 16.5. The number of hydrogen-bond donors (Lipinski definition) is 1. The Bertz CT molecular complexity index is 1240. The third-order valence-corrected chi connectivity index (χ3v) is 5.81. The molecule has 1 aliphatic heterocycles. The van der Waals surface area contributed by atoms with E-state index in [1.54, 1.807) is 17.1 Å². The molecule has 2 atom stereocenters. The summed E-state index contributed by atoms with van der Waals surface area (Å²) in [5.74, 6) is -0.0571. The number of hydrogen-bond acceptors (Lipinski definition) is 5. The maximum atomic E-state index is 12.6. The molecule has 7 heteroatoms. The molecule has 0 spiro atoms. The van der Waals surface area contributed by atoms with E-state index in [-0.39, 0.29) is 18.1 Å². The number of nitrogens with zero attached hydrogens (tertiary/aromatic N) is 4. The molecular formula is C26H25N5O2. The number of carbonyl (C=O) groups excluding carboxylic acids is 1. The molecule has 2 unspecified atom stereocenters. The molecule has 1 aromatic carbocycles. The first kappa shape index (κ1) is 21.0. The van der Waals surface area contributed by atoms with Crippen LogP contribution in [-0.2, 0) is 11.8 Å². The largest absolute Gasteiger partial charge is 0.372 e. The van der Waals surface area contributed by atoms with Gasteiger partial charge in [-0.15, -0.1) is 0 Å². The van der Waals surface area contributed by atoms with Crippen molar-refractivity contribution in [3.05, 3.63) is 90.5 Å². The summed E-state index contributed by atoms with van der Waals surface area (Å²) in [6, 6.07) is 19.2. The van der Waals surface area contributed by atoms with Crippen molar-refractivity contribution in [1.29, 1.82) is 0 Å². The van der Waals surface area contributed by atoms with Crippen molar-refractivity contribution < 1.29 is 9.53 Å². The molecule has 0 radical (unpaired) electrons. The van der Waals surface area contributed by atoms with Crippen LogP contribution in [0.3, 0.4) is 0 Å². The lowest BCUT2D eigenvalue weighted by Gasteiger charge is -2.30. The van der Waals surface area contributed by atoms with E-state index < -0.39 is 0 Å². The maximum absolute atomic E-state index is 12.6. The minimum atomic E-state index is -0.185. The number of aryl methyl sites for hydroxylation is 1. The third kappa shape index (κ3) is 4.68. The van der Waals surface area contributed by atoms with Crippen LogP contribution >= 0.6 is 0 Å². The van der Waals surface area contributed by atoms with Crippen molar-refractivity contribution in [2.45, 2.75) is 25.0 Å². The van der Waals surface area contributed by atoms with E-state index in [2.05, 4.69) is 26.4 Å². The molecule has 0 saturated carbocycles. The van der Waals surface area contributed by atoms with Gasteiger partial charge in [0.1, 0.15) is 11.8 Å². The third-order valence-electron chi connectivity index (χ3n) is 5.81. The Hall–Kier alpha value is -3.84. The fraction of sp³-hybridized carbons (Fsp3) is 0.231. The van der Waals surface area contributed by atoms with Crippen molar-refractivity contribution in [2.24, 2.45) is 7.05 Å². The fourth-order valence-electron chi connectivity index (χ4n) is 4.18. The molecule has 1 saturated heterocycles. The van der Waals surface area contributed by atoms with Gasteiger partial charge in [0, 0.05) is 49.4 Å². The minimum absolute atomic E-state index is 0.0318. The van der Waals surface area contributed by atoms with Crippen LogP contribution < -0.4 is 5.32 Å². The lowest BCUT2D eigenvalue weighted by atomic mass is 9.98. The second-order valence-electron chi connectivity index (χ2n) is 8.17. The van der Waals surface area contributed by atoms with Crippen LogP contribution in [0.2, 0.25) is 0 Å². The first-order chi connectivity index (χ1) is 16.2. The summed E-state index contributed by atoms with van der Waals surface area (Å²) >= 11 is 0. The van der Waals surface area contributed by atoms with Gasteiger partial charge in [0.05, 0.1) is 11.4 Å². The van der Waals surface area contributed by atoms with Crippen molar-refractivity contribution >= 4 is 5.91 Å². The molecule has 166 valence electrons. The Morgan fingerprint density at radius 1 is 1.06 bits per heavy atom. The number of ether oxygens (including phenoxy) is 1. The lowest BCUT2D eigenvalue weighted by Crippen LogP contribution is -2.40. The van der Waals surface area contributed by atoms with Crippen LogP contribution in [0.1, 0.15) is 35.0 Å². The Morgan fingerprint density at radius 2 is 1.91 bits per heavy atom. The number of carbonyl (C=O) groups is 1. The molecule has 5 rings (SSSR count). The van der Waals surface area contributed by atoms with Crippen LogP contribution in [0.25, 0.3) is 22.5 Å². The predicted molar refractivity (Wildman–Crippen MR) is 125 cm³/mol. The summed E-state index contributed by atoms with van der Waals surface area (Å²) in [7, 11) is 1.91. The van der Waals surface area contributed by atoms with E-state index in [1.165, 1.54) is 0 Å². The monoisotopic (exact) mass is 439 g/mol. The number of amides is 1. The number of aromatic nitrogens is 4. The van der Waals surface area contributed by atoms with Gasteiger partial charge in [0.15, 0.2) is 0 Å². The SMILES string of the molecule is Cn1cc(-c2ccnc(C3CC(NC(=O)c4ccccc4)CCO3)c2)c(-c2ccccn2)n1. The van der Waals surface area contributed by atoms with E-state index in [0.29, 0.717) is 18.6 Å². The van der Waals surface area contributed by atoms with Crippen molar-refractivity contribution in [3.8, 4) is 22.5 Å². The van der Waals surface area contributed by atoms with Gasteiger partial charge in [-0.05, 0) is 54.8 Å². The topological polar surface area (TPSA) is 81.9 Å². The Labute approximate surface area is 192 Å². The average Bonchev–Trinajstić information content (AvgIpc) is 3.27. The molecule has 0 bridgehead atoms. The summed E-state index contributed by atoms with van der Waals surface area (Å²) in [5.41, 5.74) is 5.16. The molecule has 1 fully saturated rings. The standard InChI is InChI=1S/C26H25N5O2/c1-31-17-21(25(30-31)22-9-5-6-12-27-22)19-10-13-28-23(15-19)24-16-20(11-14-33-24)29-26(32)18-7-3-2-4-8-18/h2-10,12-13,15,17,20,24H,11,14,16H2,1H3,(H,29,32). The van der Waals surface area contributed by atoms with E-state index >= 15 is 0 Å². The van der Waals surface area contributed by atoms with Crippen molar-refractivity contribution in [1.82, 2.24) is 25.1 Å². The number of rotatable bonds is 5. The zero-order valence-electron chi connectivity index (χ0n) is 18.4. The molecule has 1 aliphatic rings. The van der Waals surface area contributed by atoms with Gasteiger partial charge in [-0.2, -0.15) is 5.10 Å². The van der Waals surface area contributed by atoms with Gasteiger partial charge in [-0.3, -0.25) is 19.4 Å². The second kappa shape index (κ2) is 9.34. The summed E-state index contributed by atoms with van der Waals surface area (Å²) < 4.78 is 7.84. The summed E-state index contributed by atoms with van der Waals surface area (Å²) in [5, 5.41) is 7.77. The summed E-state index contributed by atoms with van der Waals surface area (Å²) in [4.78, 5) is 21.6. The fourth-order valence-corrected chi connectivity index (χ4v) is 4.18. The molecule has 0 aliphatic carbocycles. The van der Waals surface area contributed by atoms with Crippen molar-refractivity contribution in [3.63, 3.8) is 0 Å².